The first-order valence-corrected chi connectivity index (χ1v) is 28.2. The van der Waals surface area contributed by atoms with Crippen LogP contribution in [0.2, 0.25) is 5.02 Å². The minimum absolute atomic E-state index is 0. The molecule has 1 fully saturated rings. The number of benzene rings is 10. The fourth-order valence-electron chi connectivity index (χ4n) is 10.7. The monoisotopic (exact) mass is 1140 g/mol. The molecule has 0 unspecified atom stereocenters. The molecule has 0 radical (unpaired) electrons. The third-order valence-corrected chi connectivity index (χ3v) is 16.1. The molecule has 0 amide bonds. The molecule has 0 bridgehead atoms. The smallest absolute Gasteiger partial charge is 0.456 e. The van der Waals surface area contributed by atoms with Crippen LogP contribution in [0.4, 0.5) is 0 Å². The maximum Gasteiger partial charge on any atom is 0.494 e. The molecule has 0 saturated carbocycles. The molecule has 10 aromatic carbocycles. The van der Waals surface area contributed by atoms with Crippen molar-refractivity contribution in [2.75, 3.05) is 0 Å². The van der Waals surface area contributed by atoms with E-state index in [1.807, 2.05) is 164 Å². The van der Waals surface area contributed by atoms with Gasteiger partial charge in [0.1, 0.15) is 22.3 Å². The van der Waals surface area contributed by atoms with E-state index in [1.165, 1.54) is 0 Å². The normalized spacial score (nSPS) is 13.3. The molecule has 0 atom stereocenters. The van der Waals surface area contributed by atoms with Crippen LogP contribution >= 0.6 is 11.6 Å². The zero-order valence-corrected chi connectivity index (χ0v) is 47.1. The Bertz CT molecular complexity index is 4720. The first-order valence-electron chi connectivity index (χ1n) is 27.9. The average Bonchev–Trinajstić information content (AvgIpc) is 1.74. The fraction of sp³-hybridized carbons (Fsp3) is 0.108. The topological polar surface area (TPSA) is 122 Å². The van der Waals surface area contributed by atoms with Gasteiger partial charge in [0.2, 0.25) is 0 Å². The van der Waals surface area contributed by atoms with Crippen molar-refractivity contribution in [3.05, 3.63) is 248 Å². The SMILES string of the molecule is C.C.CC1(C)OB(c2ccc3oc4cccc(-c5nc(-c6ccccc6)nc(-c6ccc(-c7ccccc7)cc6)n5)c4c3c2)OC1(C)C.Clc1ccc2oc3cccc(-c4nc(-c5ccccc5)nc(-c5ccc(-c6ccccc6)cc5)n4)c3c2c1. The van der Waals surface area contributed by atoms with Gasteiger partial charge in [-0.15, -0.1) is 0 Å². The average molecular weight is 1140 g/mol. The molecule has 0 N–H and O–H groups in total. The van der Waals surface area contributed by atoms with Gasteiger partial charge in [-0.1, -0.05) is 233 Å². The summed E-state index contributed by atoms with van der Waals surface area (Å²) in [6.07, 6.45) is 0. The van der Waals surface area contributed by atoms with Gasteiger partial charge in [-0.25, -0.2) is 29.9 Å². The Balaban J connectivity index is 0.000000167. The van der Waals surface area contributed by atoms with E-state index >= 15 is 0 Å². The molecule has 12 heteroatoms. The second-order valence-electron chi connectivity index (χ2n) is 21.8. The highest BCUT2D eigenvalue weighted by molar-refractivity contribution is 6.62. The van der Waals surface area contributed by atoms with Gasteiger partial charge in [-0.05, 0) is 91.8 Å². The number of hydrogen-bond acceptors (Lipinski definition) is 10. The summed E-state index contributed by atoms with van der Waals surface area (Å²) in [5.74, 6) is 3.58. The Kier molecular flexibility index (Phi) is 15.3. The Hall–Kier alpha value is -9.91. The highest BCUT2D eigenvalue weighted by Gasteiger charge is 2.51. The summed E-state index contributed by atoms with van der Waals surface area (Å²) in [5, 5.41) is 4.40. The van der Waals surface area contributed by atoms with Crippen molar-refractivity contribution in [1.29, 1.82) is 0 Å². The quantitative estimate of drug-likeness (QED) is 0.129. The highest BCUT2D eigenvalue weighted by Crippen LogP contribution is 2.41. The second kappa shape index (κ2) is 23.3. The predicted octanol–water partition coefficient (Wildman–Crippen LogP) is 19.1. The van der Waals surface area contributed by atoms with E-state index < -0.39 is 18.3 Å². The zero-order valence-electron chi connectivity index (χ0n) is 46.4. The van der Waals surface area contributed by atoms with Gasteiger partial charge in [0.05, 0.1) is 11.2 Å². The number of hydrogen-bond donors (Lipinski definition) is 0. The molecular weight excluding hydrogens is 1080 g/mol. The summed E-state index contributed by atoms with van der Waals surface area (Å²) in [6, 6.07) is 81.0. The second-order valence-corrected chi connectivity index (χ2v) is 22.2. The van der Waals surface area contributed by atoms with Gasteiger partial charge in [0, 0.05) is 59.9 Å². The first-order chi connectivity index (χ1) is 41.0. The van der Waals surface area contributed by atoms with Crippen LogP contribution in [-0.4, -0.2) is 48.2 Å². The van der Waals surface area contributed by atoms with Crippen molar-refractivity contribution in [3.8, 4) is 90.6 Å². The van der Waals surface area contributed by atoms with Crippen LogP contribution in [0.25, 0.3) is 134 Å². The molecule has 0 aliphatic carbocycles. The van der Waals surface area contributed by atoms with Crippen molar-refractivity contribution in [3.63, 3.8) is 0 Å². The van der Waals surface area contributed by atoms with Gasteiger partial charge in [0.25, 0.3) is 0 Å². The van der Waals surface area contributed by atoms with Crippen LogP contribution < -0.4 is 5.46 Å². The molecule has 1 aliphatic heterocycles. The minimum atomic E-state index is -0.487. The van der Waals surface area contributed by atoms with E-state index in [2.05, 4.69) is 107 Å². The van der Waals surface area contributed by atoms with Crippen molar-refractivity contribution >= 4 is 68.1 Å². The molecule has 5 heterocycles. The Labute approximate surface area is 505 Å². The lowest BCUT2D eigenvalue weighted by atomic mass is 9.78. The molecule has 1 aliphatic rings. The number of nitrogens with zero attached hydrogens (tertiary/aromatic N) is 6. The van der Waals surface area contributed by atoms with E-state index in [0.717, 1.165) is 105 Å². The van der Waals surface area contributed by atoms with Crippen LogP contribution in [0.1, 0.15) is 42.5 Å². The molecule has 86 heavy (non-hydrogen) atoms. The Morgan fingerprint density at radius 2 is 0.640 bits per heavy atom. The third-order valence-electron chi connectivity index (χ3n) is 15.8. The van der Waals surface area contributed by atoms with Crippen molar-refractivity contribution in [1.82, 2.24) is 29.9 Å². The Morgan fingerprint density at radius 3 is 1.05 bits per heavy atom. The number of fused-ring (bicyclic) bond motifs is 6. The van der Waals surface area contributed by atoms with Gasteiger partial charge in [-0.2, -0.15) is 0 Å². The predicted molar refractivity (Wildman–Crippen MR) is 352 cm³/mol. The molecule has 420 valence electrons. The van der Waals surface area contributed by atoms with Gasteiger partial charge < -0.3 is 18.1 Å². The summed E-state index contributed by atoms with van der Waals surface area (Å²) < 4.78 is 25.2. The maximum atomic E-state index is 6.38. The van der Waals surface area contributed by atoms with Crippen LogP contribution in [0.3, 0.4) is 0 Å². The van der Waals surface area contributed by atoms with Crippen LogP contribution in [0.15, 0.2) is 251 Å². The lowest BCUT2D eigenvalue weighted by molar-refractivity contribution is 0.00578. The maximum absolute atomic E-state index is 6.38. The lowest BCUT2D eigenvalue weighted by Crippen LogP contribution is -2.41. The number of rotatable bonds is 9. The van der Waals surface area contributed by atoms with E-state index in [4.69, 9.17) is 59.6 Å². The van der Waals surface area contributed by atoms with Crippen molar-refractivity contribution < 1.29 is 18.1 Å². The molecule has 14 aromatic rings. The minimum Gasteiger partial charge on any atom is -0.456 e. The molecule has 0 spiro atoms. The molecule has 10 nitrogen and oxygen atoms in total. The van der Waals surface area contributed by atoms with E-state index in [0.29, 0.717) is 40.0 Å². The molecule has 1 saturated heterocycles. The molecule has 4 aromatic heterocycles. The number of furan rings is 2. The summed E-state index contributed by atoms with van der Waals surface area (Å²) >= 11 is 6.36. The van der Waals surface area contributed by atoms with Gasteiger partial charge in [0.15, 0.2) is 34.9 Å². The third kappa shape index (κ3) is 10.8. The largest absolute Gasteiger partial charge is 0.494 e. The summed E-state index contributed by atoms with van der Waals surface area (Å²) in [4.78, 5) is 29.8. The summed E-state index contributed by atoms with van der Waals surface area (Å²) in [7, 11) is -0.487. The van der Waals surface area contributed by atoms with Gasteiger partial charge in [-0.3, -0.25) is 0 Å². The highest BCUT2D eigenvalue weighted by atomic mass is 35.5. The summed E-state index contributed by atoms with van der Waals surface area (Å²) in [6.45, 7) is 8.26. The van der Waals surface area contributed by atoms with Crippen LogP contribution in [0.5, 0.6) is 0 Å². The molecule has 15 rings (SSSR count). The summed E-state index contributed by atoms with van der Waals surface area (Å²) in [5.41, 5.74) is 13.1. The lowest BCUT2D eigenvalue weighted by Gasteiger charge is -2.32. The number of halogens is 1. The molecular formula is C74H60BClN6O4. The van der Waals surface area contributed by atoms with E-state index in [1.54, 1.807) is 0 Å². The number of aromatic nitrogens is 6. The fourth-order valence-corrected chi connectivity index (χ4v) is 10.9. The first kappa shape index (κ1) is 56.6. The van der Waals surface area contributed by atoms with Crippen molar-refractivity contribution in [2.45, 2.75) is 53.8 Å². The van der Waals surface area contributed by atoms with Gasteiger partial charge >= 0.3 is 7.12 Å². The zero-order chi connectivity index (χ0) is 56.9. The standard InChI is InChI=1S/C39H32BN3O3.C33H20ClN3O.2CH4/c1-38(2)39(3,4)46-40(45-38)29-22-23-32-31(24-29)34-30(16-11-17-33(34)44-32)37-42-35(27-14-9-6-10-15-27)41-36(43-37)28-20-18-26(19-21-28)25-12-7-5-8-13-25;34-25-18-19-28-27(20-25)30-26(12-7-13-29(30)38-28)33-36-31(23-10-5-2-6-11-23)35-32(37-33)24-16-14-22(15-17-24)21-8-3-1-4-9-21;;/h5-24H,1-4H3;1-20H;2*1H4. The van der Waals surface area contributed by atoms with Crippen LogP contribution in [0, 0.1) is 0 Å². The van der Waals surface area contributed by atoms with E-state index in [9.17, 15) is 0 Å². The van der Waals surface area contributed by atoms with Crippen LogP contribution in [-0.2, 0) is 9.31 Å². The Morgan fingerprint density at radius 1 is 0.314 bits per heavy atom. The van der Waals surface area contributed by atoms with Crippen molar-refractivity contribution in [2.24, 2.45) is 0 Å². The van der Waals surface area contributed by atoms with E-state index in [-0.39, 0.29) is 14.9 Å².